The fourth-order valence-corrected chi connectivity index (χ4v) is 10.6. The molecule has 0 aliphatic carbocycles. The van der Waals surface area contributed by atoms with E-state index in [1.165, 1.54) is 9.47 Å². The first-order valence-electron chi connectivity index (χ1n) is 42.3. The standard InChI is InChI=1S/C75H68BN5/c1-72(2,3)49-25-32-53(33-26-49)78(54-34-27-50(28-35-54)73(4,5)6)56-36-37-61-65(44-56)79(55-30-23-48(24-31-55)58-20-15-18-47-17-13-14-19-57(47)58)66-39-46(45-77)40-67-69(66)76(61)62-21-16-22-64-71(62)81(67)68-43-52(75(10,11)12)42-60-59-41-51(74(7,8)9)29-38-63(59)80(64)70(60)68/h13-44H,1-12H3/i13D,14D,15D,16D,17D,18D,19D,20D,21D,22D,23D,24D,25D,26D,27D,28D,29D,30D,31D,32D,33D,34D,35D,36D,37D,38D,39D,40D,41D,42D,43D,44D. The zero-order valence-electron chi connectivity index (χ0n) is 78.3. The first-order chi connectivity index (χ1) is 52.1. The fraction of sp³-hybridized carbons (Fsp3) is 0.213. The third kappa shape index (κ3) is 7.87. The van der Waals surface area contributed by atoms with Gasteiger partial charge in [0.2, 0.25) is 0 Å². The minimum atomic E-state index is -2.17. The molecule has 11 aromatic rings. The minimum absolute atomic E-state index is 0.0408. The molecule has 10 aromatic carbocycles. The van der Waals surface area contributed by atoms with Gasteiger partial charge in [-0.05, 0) is 173 Å². The number of hydrogen-bond acceptors (Lipinski definition) is 4. The van der Waals surface area contributed by atoms with Crippen LogP contribution in [0.5, 0.6) is 0 Å². The molecule has 81 heavy (non-hydrogen) atoms. The number of hydrogen-bond donors (Lipinski definition) is 0. The molecule has 0 atom stereocenters. The molecule has 0 amide bonds. The highest BCUT2D eigenvalue weighted by Gasteiger charge is 2.47. The third-order valence-corrected chi connectivity index (χ3v) is 14.7. The van der Waals surface area contributed by atoms with E-state index < -0.39 is 305 Å². The van der Waals surface area contributed by atoms with Gasteiger partial charge < -0.3 is 19.3 Å². The number of nitrogens with zero attached hydrogens (tertiary/aromatic N) is 5. The van der Waals surface area contributed by atoms with E-state index in [2.05, 4.69) is 0 Å². The van der Waals surface area contributed by atoms with Crippen LogP contribution < -0.4 is 31.1 Å². The van der Waals surface area contributed by atoms with Crippen molar-refractivity contribution in [1.29, 1.82) is 5.26 Å². The molecule has 0 fully saturated rings. The van der Waals surface area contributed by atoms with Gasteiger partial charge in [-0.15, -0.1) is 0 Å². The number of para-hydroxylation sites is 1. The maximum absolute atomic E-state index is 11.8. The Balaban J connectivity index is 1.27. The Bertz CT molecular complexity index is 6250. The van der Waals surface area contributed by atoms with Crippen molar-refractivity contribution in [3.05, 3.63) is 221 Å². The van der Waals surface area contributed by atoms with Gasteiger partial charge in [0.1, 0.15) is 0 Å². The molecule has 0 radical (unpaired) electrons. The second kappa shape index (κ2) is 17.6. The van der Waals surface area contributed by atoms with Crippen molar-refractivity contribution in [2.24, 2.45) is 0 Å². The summed E-state index contributed by atoms with van der Waals surface area (Å²) in [6, 6.07) is -27.0. The Morgan fingerprint density at radius 1 is 0.444 bits per heavy atom. The predicted octanol–water partition coefficient (Wildman–Crippen LogP) is 18.5. The SMILES string of the molecule is [2H]c1c([2H])c2c3c(c1[2H])-n1c4c([2H])c([2H])c(C(C)(C)C)c([2H])c4c4c([2H])c(C(C)(C)C)c([2H])c(c41)N3c1c([2H])c(C#N)c([2H])c3c1B2c1c([2H])c([2H])c(N(c2c([2H])c([2H])c(C(C)(C)C)c([2H])c2[2H])c2c([2H])c([2H])c(C(C)(C)C)c([2H])c2[2H])c([2H])c1N3c1c([2H])c([2H])c(-c2c([2H])c([2H])c([2H])c3c([2H])c([2H])c([2H])c([2H])c23)c([2H])c1[2H]. The molecule has 3 aliphatic rings. The molecule has 1 aromatic heterocycles. The molecule has 14 rings (SSSR count). The molecule has 0 spiro atoms. The lowest BCUT2D eigenvalue weighted by atomic mass is 9.33. The fourth-order valence-electron chi connectivity index (χ4n) is 10.6. The molecule has 0 saturated heterocycles. The minimum Gasteiger partial charge on any atom is -0.311 e. The summed E-state index contributed by atoms with van der Waals surface area (Å²) < 4.78 is 318. The number of aromatic nitrogens is 1. The molecule has 6 heteroatoms. The van der Waals surface area contributed by atoms with E-state index in [4.69, 9.17) is 6.85 Å². The Kier molecular flexibility index (Phi) is 5.79. The number of rotatable bonds is 5. The van der Waals surface area contributed by atoms with Crippen molar-refractivity contribution in [3.63, 3.8) is 0 Å². The molecule has 0 unspecified atom stereocenters. The van der Waals surface area contributed by atoms with Gasteiger partial charge in [-0.3, -0.25) is 0 Å². The predicted molar refractivity (Wildman–Crippen MR) is 346 cm³/mol. The second-order valence-electron chi connectivity index (χ2n) is 24.4. The van der Waals surface area contributed by atoms with Crippen LogP contribution in [0.25, 0.3) is 49.4 Å². The van der Waals surface area contributed by atoms with Crippen LogP contribution in [0.4, 0.5) is 51.2 Å². The topological polar surface area (TPSA) is 38.4 Å². The summed E-state index contributed by atoms with van der Waals surface area (Å²) in [5.74, 6) is 0. The van der Waals surface area contributed by atoms with Gasteiger partial charge in [0.25, 0.3) is 6.71 Å². The molecule has 4 heterocycles. The van der Waals surface area contributed by atoms with Crippen LogP contribution in [-0.4, -0.2) is 11.3 Å². The zero-order chi connectivity index (χ0) is 84.1. The maximum Gasteiger partial charge on any atom is 0.252 e. The molecule has 0 N–H and O–H groups in total. The van der Waals surface area contributed by atoms with E-state index in [9.17, 15) is 42.3 Å². The van der Waals surface area contributed by atoms with Crippen LogP contribution in [0.1, 0.15) is 155 Å². The molecule has 0 bridgehead atoms. The molecule has 3 aliphatic heterocycles. The summed E-state index contributed by atoms with van der Waals surface area (Å²) in [5.41, 5.74) is -17.8. The largest absolute Gasteiger partial charge is 0.311 e. The monoisotopic (exact) mass is 1080 g/mol. The molecule has 5 nitrogen and oxygen atoms in total. The Morgan fingerprint density at radius 2 is 1.02 bits per heavy atom. The Hall–Kier alpha value is -8.79. The van der Waals surface area contributed by atoms with Gasteiger partial charge >= 0.3 is 0 Å². The van der Waals surface area contributed by atoms with Gasteiger partial charge in [0, 0.05) is 50.6 Å². The lowest BCUT2D eigenvalue weighted by Gasteiger charge is -2.46. The van der Waals surface area contributed by atoms with E-state index >= 15 is 0 Å². The van der Waals surface area contributed by atoms with Crippen LogP contribution in [-0.2, 0) is 21.7 Å². The van der Waals surface area contributed by atoms with E-state index in [0.29, 0.717) is 9.80 Å². The quantitative estimate of drug-likeness (QED) is 0.161. The summed E-state index contributed by atoms with van der Waals surface area (Å²) in [5, 5.41) is 10.1. The third-order valence-electron chi connectivity index (χ3n) is 14.7. The zero-order valence-corrected chi connectivity index (χ0v) is 46.3. The smallest absolute Gasteiger partial charge is 0.252 e. The highest BCUT2D eigenvalue weighted by atomic mass is 15.2. The van der Waals surface area contributed by atoms with Gasteiger partial charge in [-0.25, -0.2) is 0 Å². The van der Waals surface area contributed by atoms with Crippen LogP contribution >= 0.6 is 0 Å². The number of fused-ring (bicyclic) bond motifs is 10. The van der Waals surface area contributed by atoms with Crippen molar-refractivity contribution in [2.75, 3.05) is 14.7 Å². The van der Waals surface area contributed by atoms with E-state index in [1.54, 1.807) is 83.1 Å². The molecule has 0 saturated carbocycles. The van der Waals surface area contributed by atoms with Crippen LogP contribution in [0.3, 0.4) is 0 Å². The van der Waals surface area contributed by atoms with Gasteiger partial charge in [-0.2, -0.15) is 5.26 Å². The average Bonchev–Trinajstić information content (AvgIpc) is 1.60. The summed E-state index contributed by atoms with van der Waals surface area (Å²) >= 11 is 0. The van der Waals surface area contributed by atoms with Gasteiger partial charge in [-0.1, -0.05) is 186 Å². The van der Waals surface area contributed by atoms with E-state index in [1.807, 2.05) is 6.07 Å². The Morgan fingerprint density at radius 3 is 1.67 bits per heavy atom. The molecular weight excluding hydrogens is 982 g/mol. The van der Waals surface area contributed by atoms with E-state index in [0.717, 1.165) is 0 Å². The van der Waals surface area contributed by atoms with Crippen LogP contribution in [0, 0.1) is 11.3 Å². The summed E-state index contributed by atoms with van der Waals surface area (Å²) in [4.78, 5) is 2.40. The number of anilines is 9. The summed E-state index contributed by atoms with van der Waals surface area (Å²) in [6.07, 6.45) is 0. The van der Waals surface area contributed by atoms with Crippen molar-refractivity contribution in [2.45, 2.75) is 105 Å². The van der Waals surface area contributed by atoms with Crippen molar-refractivity contribution in [3.8, 4) is 22.9 Å². The highest BCUT2D eigenvalue weighted by Crippen LogP contribution is 2.54. The summed E-state index contributed by atoms with van der Waals surface area (Å²) in [7, 11) is 0. The lowest BCUT2D eigenvalue weighted by molar-refractivity contribution is 0.590. The number of nitriles is 1. The molecule has 396 valence electrons. The lowest BCUT2D eigenvalue weighted by Crippen LogP contribution is -2.61. The van der Waals surface area contributed by atoms with Crippen LogP contribution in [0.15, 0.2) is 193 Å². The first-order valence-corrected chi connectivity index (χ1v) is 26.3. The summed E-state index contributed by atoms with van der Waals surface area (Å²) in [6.45, 7) is 17.5. The number of benzene rings is 10. The van der Waals surface area contributed by atoms with Crippen molar-refractivity contribution in [1.82, 2.24) is 4.57 Å². The van der Waals surface area contributed by atoms with E-state index in [-0.39, 0.29) is 61.8 Å². The van der Waals surface area contributed by atoms with Gasteiger partial charge in [0.05, 0.1) is 83.6 Å². The Labute approximate surface area is 523 Å². The normalized spacial score (nSPS) is 19.1. The maximum atomic E-state index is 11.8. The van der Waals surface area contributed by atoms with Gasteiger partial charge in [0.15, 0.2) is 0 Å². The second-order valence-corrected chi connectivity index (χ2v) is 24.4. The highest BCUT2D eigenvalue weighted by molar-refractivity contribution is 7.00. The average molecular weight is 1080 g/mol. The van der Waals surface area contributed by atoms with Crippen molar-refractivity contribution >= 4 is 107 Å². The molecular formula is C75H68BN5. The first kappa shape index (κ1) is 26.7. The van der Waals surface area contributed by atoms with Crippen molar-refractivity contribution < 1.29 is 43.9 Å². The van der Waals surface area contributed by atoms with Crippen LogP contribution in [0.2, 0.25) is 0 Å².